The Morgan fingerprint density at radius 1 is 1.29 bits per heavy atom. The van der Waals surface area contributed by atoms with Crippen LogP contribution in [0.5, 0.6) is 5.75 Å². The Labute approximate surface area is 126 Å². The number of carbonyl (C=O) groups excluding carboxylic acids is 1. The van der Waals surface area contributed by atoms with E-state index in [4.69, 9.17) is 15.2 Å². The van der Waals surface area contributed by atoms with Crippen molar-refractivity contribution in [3.05, 3.63) is 23.8 Å². The minimum atomic E-state index is -0.351. The highest BCUT2D eigenvalue weighted by atomic mass is 16.5. The van der Waals surface area contributed by atoms with Crippen LogP contribution in [0.2, 0.25) is 0 Å². The van der Waals surface area contributed by atoms with Gasteiger partial charge in [-0.2, -0.15) is 0 Å². The quantitative estimate of drug-likeness (QED) is 0.662. The molecule has 2 atom stereocenters. The van der Waals surface area contributed by atoms with Gasteiger partial charge in [0.05, 0.1) is 6.61 Å². The van der Waals surface area contributed by atoms with Gasteiger partial charge in [0.15, 0.2) is 0 Å². The van der Waals surface area contributed by atoms with Gasteiger partial charge < -0.3 is 15.2 Å². The Hall–Kier alpha value is -1.71. The highest BCUT2D eigenvalue weighted by Crippen LogP contribution is 2.32. The third kappa shape index (κ3) is 3.90. The number of esters is 1. The summed E-state index contributed by atoms with van der Waals surface area (Å²) in [5, 5.41) is 0. The zero-order valence-corrected chi connectivity index (χ0v) is 12.9. The van der Waals surface area contributed by atoms with E-state index in [1.54, 1.807) is 25.1 Å². The summed E-state index contributed by atoms with van der Waals surface area (Å²) in [7, 11) is 0. The lowest BCUT2D eigenvalue weighted by Gasteiger charge is -2.31. The van der Waals surface area contributed by atoms with Crippen LogP contribution in [0.1, 0.15) is 56.3 Å². The number of rotatable bonds is 5. The van der Waals surface area contributed by atoms with Gasteiger partial charge in [0.25, 0.3) is 0 Å². The lowest BCUT2D eigenvalue weighted by atomic mass is 9.84. The average Bonchev–Trinajstić information content (AvgIpc) is 2.48. The molecule has 1 aromatic carbocycles. The first kappa shape index (κ1) is 15.7. The third-order valence-corrected chi connectivity index (χ3v) is 4.14. The van der Waals surface area contributed by atoms with Gasteiger partial charge in [0.2, 0.25) is 0 Å². The van der Waals surface area contributed by atoms with Crippen molar-refractivity contribution in [2.45, 2.75) is 52.1 Å². The molecule has 1 aliphatic carbocycles. The minimum absolute atomic E-state index is 0.165. The molecule has 2 unspecified atom stereocenters. The summed E-state index contributed by atoms with van der Waals surface area (Å²) in [4.78, 5) is 12.0. The van der Waals surface area contributed by atoms with Gasteiger partial charge in [-0.1, -0.05) is 13.3 Å². The molecule has 1 aromatic rings. The van der Waals surface area contributed by atoms with Gasteiger partial charge >= 0.3 is 5.97 Å². The number of benzene rings is 1. The van der Waals surface area contributed by atoms with Crippen molar-refractivity contribution in [3.8, 4) is 5.75 Å². The molecule has 0 amide bonds. The van der Waals surface area contributed by atoms with E-state index in [1.165, 1.54) is 19.3 Å². The summed E-state index contributed by atoms with van der Waals surface area (Å²) >= 11 is 0. The lowest BCUT2D eigenvalue weighted by Crippen LogP contribution is -2.30. The zero-order chi connectivity index (χ0) is 15.2. The molecule has 0 radical (unpaired) electrons. The molecule has 0 spiro atoms. The lowest BCUT2D eigenvalue weighted by molar-refractivity contribution is 0.0505. The summed E-state index contributed by atoms with van der Waals surface area (Å²) in [6.07, 6.45) is 5.94. The van der Waals surface area contributed by atoms with E-state index < -0.39 is 0 Å². The number of ether oxygens (including phenoxy) is 2. The van der Waals surface area contributed by atoms with Gasteiger partial charge in [-0.15, -0.1) is 0 Å². The molecule has 0 heterocycles. The van der Waals surface area contributed by atoms with Crippen LogP contribution in [0, 0.1) is 5.92 Å². The van der Waals surface area contributed by atoms with Crippen LogP contribution in [0.15, 0.2) is 18.2 Å². The normalized spacial score (nSPS) is 21.8. The zero-order valence-electron chi connectivity index (χ0n) is 12.9. The number of hydrogen-bond acceptors (Lipinski definition) is 4. The fourth-order valence-corrected chi connectivity index (χ4v) is 2.97. The number of carbonyl (C=O) groups is 1. The maximum Gasteiger partial charge on any atom is 0.341 e. The second-order valence-electron chi connectivity index (χ2n) is 5.59. The monoisotopic (exact) mass is 291 g/mol. The van der Waals surface area contributed by atoms with E-state index in [-0.39, 0.29) is 12.1 Å². The molecule has 2 rings (SSSR count). The van der Waals surface area contributed by atoms with Crippen molar-refractivity contribution in [3.63, 3.8) is 0 Å². The molecule has 4 nitrogen and oxygen atoms in total. The van der Waals surface area contributed by atoms with Gasteiger partial charge in [-0.25, -0.2) is 4.79 Å². The summed E-state index contributed by atoms with van der Waals surface area (Å²) in [6.45, 7) is 4.34. The van der Waals surface area contributed by atoms with Crippen LogP contribution in [-0.4, -0.2) is 18.7 Å². The van der Waals surface area contributed by atoms with Crippen LogP contribution in [-0.2, 0) is 4.74 Å². The van der Waals surface area contributed by atoms with Crippen molar-refractivity contribution in [2.24, 2.45) is 5.92 Å². The van der Waals surface area contributed by atoms with E-state index >= 15 is 0 Å². The number of nitrogens with two attached hydrogens (primary N) is 1. The van der Waals surface area contributed by atoms with Crippen molar-refractivity contribution in [2.75, 3.05) is 12.3 Å². The Bertz CT molecular complexity index is 487. The van der Waals surface area contributed by atoms with Gasteiger partial charge in [0, 0.05) is 11.8 Å². The van der Waals surface area contributed by atoms with Gasteiger partial charge in [-0.05, 0) is 50.7 Å². The SMILES string of the molecule is CCOC(=O)c1ccc(N)cc1OC1CCCCC1CC. The molecular weight excluding hydrogens is 266 g/mol. The first-order valence-corrected chi connectivity index (χ1v) is 7.89. The third-order valence-electron chi connectivity index (χ3n) is 4.14. The van der Waals surface area contributed by atoms with Crippen molar-refractivity contribution < 1.29 is 14.3 Å². The van der Waals surface area contributed by atoms with E-state index in [0.717, 1.165) is 12.8 Å². The minimum Gasteiger partial charge on any atom is -0.489 e. The highest BCUT2D eigenvalue weighted by molar-refractivity contribution is 5.93. The molecule has 1 fully saturated rings. The standard InChI is InChI=1S/C17H25NO3/c1-3-12-7-5-6-8-15(12)21-16-11-13(18)9-10-14(16)17(19)20-4-2/h9-12,15H,3-8,18H2,1-2H3. The fraction of sp³-hybridized carbons (Fsp3) is 0.588. The van der Waals surface area contributed by atoms with Crippen LogP contribution in [0.25, 0.3) is 0 Å². The molecule has 1 aliphatic rings. The van der Waals surface area contributed by atoms with E-state index in [0.29, 0.717) is 29.5 Å². The molecule has 0 aliphatic heterocycles. The Morgan fingerprint density at radius 3 is 2.76 bits per heavy atom. The summed E-state index contributed by atoms with van der Waals surface area (Å²) < 4.78 is 11.2. The maximum absolute atomic E-state index is 12.0. The first-order chi connectivity index (χ1) is 10.2. The van der Waals surface area contributed by atoms with Crippen LogP contribution < -0.4 is 10.5 Å². The number of anilines is 1. The first-order valence-electron chi connectivity index (χ1n) is 7.89. The van der Waals surface area contributed by atoms with Crippen LogP contribution >= 0.6 is 0 Å². The Balaban J connectivity index is 2.21. The van der Waals surface area contributed by atoms with E-state index in [2.05, 4.69) is 6.92 Å². The Morgan fingerprint density at radius 2 is 2.05 bits per heavy atom. The molecule has 0 bridgehead atoms. The topological polar surface area (TPSA) is 61.5 Å². The van der Waals surface area contributed by atoms with E-state index in [1.807, 2.05) is 0 Å². The van der Waals surface area contributed by atoms with E-state index in [9.17, 15) is 4.79 Å². The molecule has 0 aromatic heterocycles. The molecule has 1 saturated carbocycles. The van der Waals surface area contributed by atoms with Gasteiger partial charge in [-0.3, -0.25) is 0 Å². The smallest absolute Gasteiger partial charge is 0.341 e. The molecule has 2 N–H and O–H groups in total. The molecule has 116 valence electrons. The molecule has 4 heteroatoms. The molecular formula is C17H25NO3. The number of hydrogen-bond donors (Lipinski definition) is 1. The second-order valence-corrected chi connectivity index (χ2v) is 5.59. The predicted octanol–water partition coefficient (Wildman–Crippen LogP) is 3.79. The van der Waals surface area contributed by atoms with Crippen LogP contribution in [0.3, 0.4) is 0 Å². The average molecular weight is 291 g/mol. The predicted molar refractivity (Wildman–Crippen MR) is 83.5 cm³/mol. The second kappa shape index (κ2) is 7.34. The maximum atomic E-state index is 12.0. The van der Waals surface area contributed by atoms with Gasteiger partial charge in [0.1, 0.15) is 17.4 Å². The van der Waals surface area contributed by atoms with Crippen molar-refractivity contribution in [1.82, 2.24) is 0 Å². The largest absolute Gasteiger partial charge is 0.489 e. The van der Waals surface area contributed by atoms with Crippen molar-refractivity contribution in [1.29, 1.82) is 0 Å². The van der Waals surface area contributed by atoms with Crippen molar-refractivity contribution >= 4 is 11.7 Å². The fourth-order valence-electron chi connectivity index (χ4n) is 2.97. The van der Waals surface area contributed by atoms with Crippen LogP contribution in [0.4, 0.5) is 5.69 Å². The molecule has 21 heavy (non-hydrogen) atoms. The summed E-state index contributed by atoms with van der Waals surface area (Å²) in [6, 6.07) is 5.12. The molecule has 0 saturated heterocycles. The highest BCUT2D eigenvalue weighted by Gasteiger charge is 2.27. The summed E-state index contributed by atoms with van der Waals surface area (Å²) in [5.74, 6) is 0.755. The summed E-state index contributed by atoms with van der Waals surface area (Å²) in [5.41, 5.74) is 6.91. The Kier molecular flexibility index (Phi) is 5.48. The number of nitrogen functional groups attached to an aromatic ring is 1.